The lowest BCUT2D eigenvalue weighted by molar-refractivity contribution is -0.384. The minimum atomic E-state index is -0.830. The fourth-order valence-corrected chi connectivity index (χ4v) is 6.59. The van der Waals surface area contributed by atoms with Crippen molar-refractivity contribution in [2.45, 2.75) is 13.0 Å². The number of nitro groups is 1. The molecule has 0 fully saturated rings. The van der Waals surface area contributed by atoms with Gasteiger partial charge in [-0.3, -0.25) is 19.5 Å². The molecule has 0 aliphatic carbocycles. The quantitative estimate of drug-likeness (QED) is 0.109. The van der Waals surface area contributed by atoms with Gasteiger partial charge in [-0.15, -0.1) is 0 Å². The minimum absolute atomic E-state index is 0.0548. The number of aromatic nitrogens is 1. The highest BCUT2D eigenvalue weighted by Crippen LogP contribution is 2.36. The number of esters is 1. The highest BCUT2D eigenvalue weighted by molar-refractivity contribution is 9.10. The van der Waals surface area contributed by atoms with Gasteiger partial charge in [0.05, 0.1) is 33.4 Å². The van der Waals surface area contributed by atoms with Gasteiger partial charge in [0, 0.05) is 38.8 Å². The molecule has 0 saturated carbocycles. The Kier molecular flexibility index (Phi) is 8.17. The Morgan fingerprint density at radius 3 is 2.57 bits per heavy atom. The van der Waals surface area contributed by atoms with Gasteiger partial charge in [-0.1, -0.05) is 65.4 Å². The van der Waals surface area contributed by atoms with E-state index < -0.39 is 16.9 Å². The maximum atomic E-state index is 14.0. The number of carbonyl (C=O) groups excluding carboxylic acids is 1. The third-order valence-electron chi connectivity index (χ3n) is 6.89. The van der Waals surface area contributed by atoms with Crippen LogP contribution in [0.2, 0.25) is 5.02 Å². The van der Waals surface area contributed by atoms with Crippen molar-refractivity contribution in [2.75, 3.05) is 6.61 Å². The Balaban J connectivity index is 1.52. The molecule has 0 bridgehead atoms. The number of hydrogen-bond acceptors (Lipinski definition) is 8. The second-order valence-corrected chi connectivity index (χ2v) is 11.9. The summed E-state index contributed by atoms with van der Waals surface area (Å²) in [5.74, 6) is 0.279. The van der Waals surface area contributed by atoms with Crippen LogP contribution in [0.4, 0.5) is 5.69 Å². The van der Waals surface area contributed by atoms with Gasteiger partial charge >= 0.3 is 5.97 Å². The topological polar surface area (TPSA) is 117 Å². The first-order valence-corrected chi connectivity index (χ1v) is 15.3. The summed E-state index contributed by atoms with van der Waals surface area (Å²) in [5, 5.41) is 11.6. The molecule has 3 aromatic carbocycles. The van der Waals surface area contributed by atoms with Crippen molar-refractivity contribution in [2.24, 2.45) is 4.99 Å². The Morgan fingerprint density at radius 1 is 1.14 bits per heavy atom. The monoisotopic (exact) mass is 689 g/mol. The van der Waals surface area contributed by atoms with Crippen LogP contribution in [0.5, 0.6) is 0 Å². The summed E-state index contributed by atoms with van der Waals surface area (Å²) in [6.07, 6.45) is 1.61. The van der Waals surface area contributed by atoms with E-state index in [0.717, 1.165) is 0 Å². The highest BCUT2D eigenvalue weighted by atomic mass is 79.9. The average Bonchev–Trinajstić information content (AvgIpc) is 3.61. The predicted octanol–water partition coefficient (Wildman–Crippen LogP) is 6.52. The summed E-state index contributed by atoms with van der Waals surface area (Å²) < 4.78 is 13.8. The maximum Gasteiger partial charge on any atom is 0.338 e. The molecule has 5 aromatic rings. The van der Waals surface area contributed by atoms with Gasteiger partial charge in [-0.2, -0.15) is 0 Å². The van der Waals surface area contributed by atoms with Crippen LogP contribution in [0, 0.1) is 10.1 Å². The fourth-order valence-electron chi connectivity index (χ4n) is 4.92. The van der Waals surface area contributed by atoms with Crippen LogP contribution in [0.3, 0.4) is 0 Å². The zero-order chi connectivity index (χ0) is 31.0. The molecule has 9 nitrogen and oxygen atoms in total. The number of furan rings is 1. The largest absolute Gasteiger partial charge is 0.463 e. The molecular formula is C32H21BrClN3O6S. The minimum Gasteiger partial charge on any atom is -0.463 e. The van der Waals surface area contributed by atoms with Crippen LogP contribution < -0.4 is 14.9 Å². The Bertz CT molecular complexity index is 2130. The average molecular weight is 691 g/mol. The third-order valence-corrected chi connectivity index (χ3v) is 8.78. The van der Waals surface area contributed by atoms with Gasteiger partial charge in [-0.05, 0) is 58.7 Å². The van der Waals surface area contributed by atoms with Crippen LogP contribution in [-0.4, -0.2) is 22.1 Å². The number of non-ortho nitro benzene ring substituents is 1. The molecule has 6 rings (SSSR count). The van der Waals surface area contributed by atoms with E-state index in [1.165, 1.54) is 28.0 Å². The molecule has 0 amide bonds. The third kappa shape index (κ3) is 5.57. The van der Waals surface area contributed by atoms with Gasteiger partial charge in [0.2, 0.25) is 0 Å². The number of rotatable bonds is 7. The zero-order valence-electron chi connectivity index (χ0n) is 22.9. The fraction of sp³-hybridized carbons (Fsp3) is 0.0938. The second kappa shape index (κ2) is 12.2. The number of fused-ring (bicyclic) bond motifs is 1. The molecule has 220 valence electrons. The molecule has 0 saturated heterocycles. The van der Waals surface area contributed by atoms with Crippen LogP contribution in [0.1, 0.15) is 29.9 Å². The van der Waals surface area contributed by atoms with Crippen molar-refractivity contribution >= 4 is 62.3 Å². The van der Waals surface area contributed by atoms with Crippen molar-refractivity contribution in [1.29, 1.82) is 0 Å². The molecule has 2 aromatic heterocycles. The number of thiazole rings is 1. The normalized spacial score (nSPS) is 14.7. The molecule has 12 heteroatoms. The standard InChI is InChI=1S/C32H21BrClN3O6S/c1-2-42-31(39)27-28(18-6-4-3-5-7-18)35-32-36(29(27)19-8-10-20(34)11-9-19)30(38)26(44-32)17-22-13-15-25(43-22)23-14-12-21(37(40)41)16-24(23)33/h3-17,29H,2H2,1H3/b26-17-. The lowest BCUT2D eigenvalue weighted by atomic mass is 9.93. The van der Waals surface area contributed by atoms with E-state index in [0.29, 0.717) is 52.7 Å². The van der Waals surface area contributed by atoms with E-state index in [9.17, 15) is 19.7 Å². The first-order valence-electron chi connectivity index (χ1n) is 13.3. The van der Waals surface area contributed by atoms with E-state index in [2.05, 4.69) is 15.9 Å². The van der Waals surface area contributed by atoms with Gasteiger partial charge in [-0.25, -0.2) is 9.79 Å². The summed E-state index contributed by atoms with van der Waals surface area (Å²) in [6, 6.07) is 23.2. The molecule has 1 aliphatic heterocycles. The number of hydrogen-bond donors (Lipinski definition) is 0. The van der Waals surface area contributed by atoms with E-state index in [4.69, 9.17) is 25.7 Å². The highest BCUT2D eigenvalue weighted by Gasteiger charge is 2.35. The van der Waals surface area contributed by atoms with Crippen LogP contribution in [-0.2, 0) is 9.53 Å². The molecule has 1 atom stereocenters. The molecule has 0 radical (unpaired) electrons. The molecule has 1 unspecified atom stereocenters. The van der Waals surface area contributed by atoms with Gasteiger partial charge < -0.3 is 9.15 Å². The lowest BCUT2D eigenvalue weighted by Gasteiger charge is -2.25. The molecule has 3 heterocycles. The summed E-state index contributed by atoms with van der Waals surface area (Å²) >= 11 is 10.7. The SMILES string of the molecule is CCOC(=O)C1=C(c2ccccc2)N=c2s/c(=C\c3ccc(-c4ccc([N+](=O)[O-])cc4Br)o3)c(=O)n2C1c1ccc(Cl)cc1. The summed E-state index contributed by atoms with van der Waals surface area (Å²) in [4.78, 5) is 43.4. The molecule has 0 spiro atoms. The first-order chi connectivity index (χ1) is 21.2. The van der Waals surface area contributed by atoms with Gasteiger partial charge in [0.1, 0.15) is 11.5 Å². The van der Waals surface area contributed by atoms with Crippen molar-refractivity contribution in [3.8, 4) is 11.3 Å². The molecule has 1 aliphatic rings. The first kappa shape index (κ1) is 29.5. The zero-order valence-corrected chi connectivity index (χ0v) is 26.1. The van der Waals surface area contributed by atoms with E-state index in [-0.39, 0.29) is 23.4 Å². The Labute approximate surface area is 267 Å². The van der Waals surface area contributed by atoms with E-state index >= 15 is 0 Å². The van der Waals surface area contributed by atoms with Gasteiger partial charge in [0.15, 0.2) is 4.80 Å². The number of nitro benzene ring substituents is 1. The molecule has 44 heavy (non-hydrogen) atoms. The van der Waals surface area contributed by atoms with Crippen molar-refractivity contribution in [3.05, 3.63) is 147 Å². The van der Waals surface area contributed by atoms with Crippen LogP contribution >= 0.6 is 38.9 Å². The van der Waals surface area contributed by atoms with Crippen LogP contribution in [0.15, 0.2) is 109 Å². The summed E-state index contributed by atoms with van der Waals surface area (Å²) in [6.45, 7) is 1.87. The van der Waals surface area contributed by atoms with Crippen LogP contribution in [0.25, 0.3) is 23.1 Å². The lowest BCUT2D eigenvalue weighted by Crippen LogP contribution is -2.39. The Hall–Kier alpha value is -4.58. The maximum absolute atomic E-state index is 14.0. The second-order valence-electron chi connectivity index (χ2n) is 9.61. The number of ether oxygens (including phenoxy) is 1. The predicted molar refractivity (Wildman–Crippen MR) is 171 cm³/mol. The van der Waals surface area contributed by atoms with Crippen molar-refractivity contribution < 1.29 is 18.9 Å². The van der Waals surface area contributed by atoms with Crippen molar-refractivity contribution in [3.63, 3.8) is 0 Å². The number of benzene rings is 3. The Morgan fingerprint density at radius 2 is 1.89 bits per heavy atom. The number of halogens is 2. The number of carbonyl (C=O) groups is 1. The van der Waals surface area contributed by atoms with E-state index in [1.54, 1.807) is 55.5 Å². The van der Waals surface area contributed by atoms with Crippen molar-refractivity contribution in [1.82, 2.24) is 4.57 Å². The number of nitrogens with zero attached hydrogens (tertiary/aromatic N) is 3. The molecule has 0 N–H and O–H groups in total. The molecular weight excluding hydrogens is 670 g/mol. The smallest absolute Gasteiger partial charge is 0.338 e. The summed E-state index contributed by atoms with van der Waals surface area (Å²) in [5.41, 5.74) is 2.22. The van der Waals surface area contributed by atoms with E-state index in [1.807, 2.05) is 30.3 Å². The van der Waals surface area contributed by atoms with Gasteiger partial charge in [0.25, 0.3) is 11.2 Å². The summed E-state index contributed by atoms with van der Waals surface area (Å²) in [7, 11) is 0.